The molecule has 2 rings (SSSR count). The third kappa shape index (κ3) is 2.75. The van der Waals surface area contributed by atoms with Crippen LogP contribution in [0.4, 0.5) is 13.2 Å². The van der Waals surface area contributed by atoms with Gasteiger partial charge in [-0.05, 0) is 17.7 Å². The monoisotopic (exact) mass is 314 g/mol. The van der Waals surface area contributed by atoms with E-state index < -0.39 is 22.2 Å². The molecule has 0 saturated heterocycles. The topological polar surface area (TPSA) is 71.1 Å². The van der Waals surface area contributed by atoms with E-state index in [0.717, 1.165) is 0 Å². The SMILES string of the molecule is COc1cc(COS(=O)(=O)C(F)(F)F)cc2c1OCO2. The lowest BCUT2D eigenvalue weighted by atomic mass is 10.2. The van der Waals surface area contributed by atoms with Gasteiger partial charge >= 0.3 is 15.6 Å². The molecule has 0 saturated carbocycles. The number of halogens is 3. The smallest absolute Gasteiger partial charge is 0.493 e. The molecule has 1 heterocycles. The van der Waals surface area contributed by atoms with Crippen molar-refractivity contribution in [1.82, 2.24) is 0 Å². The molecule has 0 bridgehead atoms. The highest BCUT2D eigenvalue weighted by Gasteiger charge is 2.47. The molecule has 0 spiro atoms. The minimum atomic E-state index is -5.64. The molecule has 112 valence electrons. The number of benzene rings is 1. The van der Waals surface area contributed by atoms with Crippen LogP contribution in [0.15, 0.2) is 12.1 Å². The van der Waals surface area contributed by atoms with E-state index in [0.29, 0.717) is 5.75 Å². The van der Waals surface area contributed by atoms with Gasteiger partial charge in [-0.1, -0.05) is 0 Å². The van der Waals surface area contributed by atoms with E-state index in [2.05, 4.69) is 4.18 Å². The van der Waals surface area contributed by atoms with Crippen molar-refractivity contribution >= 4 is 10.1 Å². The van der Waals surface area contributed by atoms with Gasteiger partial charge < -0.3 is 14.2 Å². The molecule has 0 fully saturated rings. The van der Waals surface area contributed by atoms with Crippen LogP contribution < -0.4 is 14.2 Å². The summed E-state index contributed by atoms with van der Waals surface area (Å²) in [6.45, 7) is -0.855. The fourth-order valence-corrected chi connectivity index (χ4v) is 1.90. The largest absolute Gasteiger partial charge is 0.523 e. The number of rotatable bonds is 4. The predicted molar refractivity (Wildman–Crippen MR) is 58.9 cm³/mol. The fourth-order valence-electron chi connectivity index (χ4n) is 1.48. The van der Waals surface area contributed by atoms with E-state index in [9.17, 15) is 21.6 Å². The van der Waals surface area contributed by atoms with Crippen molar-refractivity contribution in [2.24, 2.45) is 0 Å². The summed E-state index contributed by atoms with van der Waals surface area (Å²) in [6, 6.07) is 2.62. The van der Waals surface area contributed by atoms with Crippen LogP contribution in [0.3, 0.4) is 0 Å². The van der Waals surface area contributed by atoms with Crippen LogP contribution in [-0.2, 0) is 20.9 Å². The van der Waals surface area contributed by atoms with Gasteiger partial charge in [0.1, 0.15) is 0 Å². The van der Waals surface area contributed by atoms with Crippen molar-refractivity contribution in [3.63, 3.8) is 0 Å². The van der Waals surface area contributed by atoms with Crippen LogP contribution in [0.2, 0.25) is 0 Å². The van der Waals surface area contributed by atoms with E-state index in [1.165, 1.54) is 19.2 Å². The van der Waals surface area contributed by atoms with Crippen LogP contribution >= 0.6 is 0 Å². The maximum atomic E-state index is 12.1. The number of alkyl halides is 3. The van der Waals surface area contributed by atoms with Crippen molar-refractivity contribution in [1.29, 1.82) is 0 Å². The number of ether oxygens (including phenoxy) is 3. The molecule has 0 radical (unpaired) electrons. The maximum Gasteiger partial charge on any atom is 0.523 e. The number of fused-ring (bicyclic) bond motifs is 1. The van der Waals surface area contributed by atoms with Gasteiger partial charge in [0.15, 0.2) is 11.5 Å². The first kappa shape index (κ1) is 14.7. The lowest BCUT2D eigenvalue weighted by molar-refractivity contribution is -0.0547. The molecule has 0 aromatic heterocycles. The minimum absolute atomic E-state index is 0.0587. The first-order valence-electron chi connectivity index (χ1n) is 5.17. The summed E-state index contributed by atoms with van der Waals surface area (Å²) in [6.07, 6.45) is 0. The Kier molecular flexibility index (Phi) is 3.69. The Hall–Kier alpha value is -1.68. The molecule has 0 N–H and O–H groups in total. The predicted octanol–water partition coefficient (Wildman–Crippen LogP) is 1.79. The van der Waals surface area contributed by atoms with Gasteiger partial charge in [0, 0.05) is 0 Å². The third-order valence-electron chi connectivity index (χ3n) is 2.38. The number of hydrogen-bond donors (Lipinski definition) is 0. The van der Waals surface area contributed by atoms with Crippen molar-refractivity contribution in [2.45, 2.75) is 12.1 Å². The van der Waals surface area contributed by atoms with Gasteiger partial charge in [-0.3, -0.25) is 4.18 Å². The molecule has 10 heteroatoms. The summed E-state index contributed by atoms with van der Waals surface area (Å²) >= 11 is 0. The maximum absolute atomic E-state index is 12.1. The highest BCUT2D eigenvalue weighted by atomic mass is 32.2. The first-order valence-corrected chi connectivity index (χ1v) is 6.57. The average molecular weight is 314 g/mol. The van der Waals surface area contributed by atoms with Gasteiger partial charge in [-0.2, -0.15) is 21.6 Å². The van der Waals surface area contributed by atoms with E-state index >= 15 is 0 Å². The summed E-state index contributed by atoms with van der Waals surface area (Å²) in [7, 11) is -4.31. The van der Waals surface area contributed by atoms with Gasteiger partial charge in [0.05, 0.1) is 13.7 Å². The molecule has 1 aromatic carbocycles. The summed E-state index contributed by atoms with van der Waals surface area (Å²) < 4.78 is 77.0. The Bertz CT molecular complexity index is 610. The zero-order valence-electron chi connectivity index (χ0n) is 10.1. The highest BCUT2D eigenvalue weighted by molar-refractivity contribution is 7.87. The van der Waals surface area contributed by atoms with Crippen LogP contribution in [0.5, 0.6) is 17.2 Å². The Morgan fingerprint density at radius 2 is 2.00 bits per heavy atom. The van der Waals surface area contributed by atoms with Crippen LogP contribution in [0, 0.1) is 0 Å². The zero-order chi connectivity index (χ0) is 15.0. The van der Waals surface area contributed by atoms with Crippen LogP contribution in [-0.4, -0.2) is 27.8 Å². The van der Waals surface area contributed by atoms with E-state index in [-0.39, 0.29) is 23.9 Å². The Morgan fingerprint density at radius 1 is 1.30 bits per heavy atom. The molecule has 6 nitrogen and oxygen atoms in total. The second-order valence-electron chi connectivity index (χ2n) is 3.69. The fraction of sp³-hybridized carbons (Fsp3) is 0.400. The molecule has 20 heavy (non-hydrogen) atoms. The second-order valence-corrected chi connectivity index (χ2v) is 5.30. The van der Waals surface area contributed by atoms with Gasteiger partial charge in [-0.25, -0.2) is 0 Å². The van der Waals surface area contributed by atoms with Crippen LogP contribution in [0.25, 0.3) is 0 Å². The van der Waals surface area contributed by atoms with E-state index in [1.54, 1.807) is 0 Å². The lowest BCUT2D eigenvalue weighted by Crippen LogP contribution is -2.25. The second kappa shape index (κ2) is 5.02. The van der Waals surface area contributed by atoms with Gasteiger partial charge in [-0.15, -0.1) is 0 Å². The average Bonchev–Trinajstić information content (AvgIpc) is 2.82. The lowest BCUT2D eigenvalue weighted by Gasteiger charge is -2.10. The van der Waals surface area contributed by atoms with E-state index in [1.807, 2.05) is 0 Å². The van der Waals surface area contributed by atoms with Gasteiger partial charge in [0.25, 0.3) is 0 Å². The molecule has 1 aliphatic heterocycles. The molecule has 0 amide bonds. The first-order chi connectivity index (χ1) is 9.24. The quantitative estimate of drug-likeness (QED) is 0.623. The molecule has 0 atom stereocenters. The number of methoxy groups -OCH3 is 1. The van der Waals surface area contributed by atoms with Crippen molar-refractivity contribution in [3.05, 3.63) is 17.7 Å². The van der Waals surface area contributed by atoms with Gasteiger partial charge in [0.2, 0.25) is 12.5 Å². The summed E-state index contributed by atoms with van der Waals surface area (Å²) in [4.78, 5) is 0. The van der Waals surface area contributed by atoms with Crippen LogP contribution in [0.1, 0.15) is 5.56 Å². The highest BCUT2D eigenvalue weighted by Crippen LogP contribution is 2.42. The summed E-state index contributed by atoms with van der Waals surface area (Å²) in [5.74, 6) is 0.755. The van der Waals surface area contributed by atoms with Crippen molar-refractivity contribution in [3.8, 4) is 17.2 Å². The standard InChI is InChI=1S/C10H9F3O6S/c1-16-7-2-6(3-8-9(7)18-5-17-8)4-19-20(14,15)10(11,12)13/h2-3H,4-5H2,1H3. The molecular formula is C10H9F3O6S. The molecule has 0 unspecified atom stereocenters. The molecule has 0 aliphatic carbocycles. The normalized spacial score (nSPS) is 14.4. The Labute approximate surface area is 112 Å². The molecule has 1 aliphatic rings. The third-order valence-corrected chi connectivity index (χ3v) is 3.38. The molecular weight excluding hydrogens is 305 g/mol. The summed E-state index contributed by atoms with van der Waals surface area (Å²) in [5, 5.41) is 0. The zero-order valence-corrected chi connectivity index (χ0v) is 10.9. The molecule has 1 aromatic rings. The summed E-state index contributed by atoms with van der Waals surface area (Å²) in [5.41, 5.74) is -5.33. The number of hydrogen-bond acceptors (Lipinski definition) is 6. The Morgan fingerprint density at radius 3 is 2.60 bits per heavy atom. The van der Waals surface area contributed by atoms with Crippen molar-refractivity contribution < 1.29 is 40.0 Å². The van der Waals surface area contributed by atoms with E-state index in [4.69, 9.17) is 14.2 Å². The Balaban J connectivity index is 2.20. The van der Waals surface area contributed by atoms with Crippen molar-refractivity contribution in [2.75, 3.05) is 13.9 Å². The minimum Gasteiger partial charge on any atom is -0.493 e.